The van der Waals surface area contributed by atoms with Gasteiger partial charge in [0.25, 0.3) is 0 Å². The molecule has 1 unspecified atom stereocenters. The van der Waals surface area contributed by atoms with E-state index in [2.05, 4.69) is 92.8 Å². The van der Waals surface area contributed by atoms with Crippen LogP contribution in [-0.2, 0) is 14.3 Å². The monoisotopic (exact) mass is 765 g/mol. The van der Waals surface area contributed by atoms with Crippen LogP contribution >= 0.6 is 0 Å². The Hall–Kier alpha value is -2.43. The minimum atomic E-state index is -0.580. The molecule has 0 rings (SSSR count). The molecule has 0 aliphatic carbocycles. The number of rotatable bonds is 42. The molecule has 55 heavy (non-hydrogen) atoms. The van der Waals surface area contributed by atoms with E-state index >= 15 is 0 Å². The van der Waals surface area contributed by atoms with E-state index in [0.717, 1.165) is 44.9 Å². The number of allylic oxidation sites excluding steroid dienone is 14. The Morgan fingerprint density at radius 1 is 0.455 bits per heavy atom. The molecule has 0 radical (unpaired) electrons. The highest BCUT2D eigenvalue weighted by atomic mass is 16.6. The third-order valence-electron chi connectivity index (χ3n) is 9.72. The molecule has 0 spiro atoms. The summed E-state index contributed by atoms with van der Waals surface area (Å²) < 4.78 is 11.1. The number of carbonyl (C=O) groups excluding carboxylic acids is 1. The van der Waals surface area contributed by atoms with E-state index in [1.807, 2.05) is 6.08 Å². The van der Waals surface area contributed by atoms with E-state index < -0.39 is 6.10 Å². The van der Waals surface area contributed by atoms with E-state index in [4.69, 9.17) is 9.47 Å². The normalized spacial score (nSPS) is 13.1. The number of carbonyl (C=O) groups is 1. The summed E-state index contributed by atoms with van der Waals surface area (Å²) in [6.45, 7) is 5.15. The molecule has 0 heterocycles. The molecule has 0 amide bonds. The minimum absolute atomic E-state index is 0.206. The molecule has 0 aliphatic rings. The van der Waals surface area contributed by atoms with E-state index in [9.17, 15) is 9.90 Å². The lowest BCUT2D eigenvalue weighted by Gasteiger charge is -2.15. The van der Waals surface area contributed by atoms with Crippen molar-refractivity contribution in [3.05, 3.63) is 85.1 Å². The Morgan fingerprint density at radius 2 is 0.818 bits per heavy atom. The summed E-state index contributed by atoms with van der Waals surface area (Å²) in [7, 11) is 0. The summed E-state index contributed by atoms with van der Waals surface area (Å²) in [5.41, 5.74) is 0. The summed E-state index contributed by atoms with van der Waals surface area (Å²) in [4.78, 5) is 12.2. The van der Waals surface area contributed by atoms with Gasteiger partial charge in [0.15, 0.2) is 0 Å². The maximum absolute atomic E-state index is 12.2. The number of hydrogen-bond donors (Lipinski definition) is 1. The molecule has 0 saturated heterocycles. The van der Waals surface area contributed by atoms with Crippen LogP contribution in [0.1, 0.15) is 206 Å². The third kappa shape index (κ3) is 45.9. The highest BCUT2D eigenvalue weighted by molar-refractivity contribution is 5.69. The van der Waals surface area contributed by atoms with Crippen LogP contribution in [-0.4, -0.2) is 37.0 Å². The zero-order valence-corrected chi connectivity index (χ0v) is 36.2. The first-order valence-electron chi connectivity index (χ1n) is 23.2. The molecule has 1 N–H and O–H groups in total. The van der Waals surface area contributed by atoms with Gasteiger partial charge >= 0.3 is 5.97 Å². The summed E-state index contributed by atoms with van der Waals surface area (Å²) >= 11 is 0. The number of aliphatic hydroxyl groups excluding tert-OH is 1. The van der Waals surface area contributed by atoms with Crippen molar-refractivity contribution in [3.63, 3.8) is 0 Å². The Balaban J connectivity index is 3.52. The fourth-order valence-electron chi connectivity index (χ4n) is 6.29. The summed E-state index contributed by atoms with van der Waals surface area (Å²) in [6.07, 6.45) is 66.7. The first-order valence-corrected chi connectivity index (χ1v) is 23.2. The van der Waals surface area contributed by atoms with Crippen molar-refractivity contribution >= 4 is 5.97 Å². The van der Waals surface area contributed by atoms with Crippen molar-refractivity contribution in [2.75, 3.05) is 19.8 Å². The van der Waals surface area contributed by atoms with Crippen LogP contribution in [0.3, 0.4) is 0 Å². The summed E-state index contributed by atoms with van der Waals surface area (Å²) in [5.74, 6) is -0.283. The predicted octanol–water partition coefficient (Wildman–Crippen LogP) is 15.5. The Labute approximate surface area is 341 Å². The van der Waals surface area contributed by atoms with Crippen LogP contribution in [0.25, 0.3) is 0 Å². The average Bonchev–Trinajstić information content (AvgIpc) is 3.19. The second kappa shape index (κ2) is 47.7. The van der Waals surface area contributed by atoms with Crippen molar-refractivity contribution in [1.29, 1.82) is 0 Å². The van der Waals surface area contributed by atoms with E-state index in [1.54, 1.807) is 0 Å². The Kier molecular flexibility index (Phi) is 45.6. The molecule has 316 valence electrons. The van der Waals surface area contributed by atoms with Gasteiger partial charge in [0, 0.05) is 13.0 Å². The van der Waals surface area contributed by atoms with Crippen LogP contribution in [0.4, 0.5) is 0 Å². The van der Waals surface area contributed by atoms with Crippen LogP contribution in [0.5, 0.6) is 0 Å². The van der Waals surface area contributed by atoms with E-state index in [0.29, 0.717) is 19.4 Å². The van der Waals surface area contributed by atoms with Gasteiger partial charge in [0.2, 0.25) is 0 Å². The van der Waals surface area contributed by atoms with Crippen molar-refractivity contribution in [2.45, 2.75) is 213 Å². The molecule has 0 fully saturated rings. The fourth-order valence-corrected chi connectivity index (χ4v) is 6.29. The number of hydrogen-bond acceptors (Lipinski definition) is 4. The quantitative estimate of drug-likeness (QED) is 0.0382. The maximum atomic E-state index is 12.2. The maximum Gasteiger partial charge on any atom is 0.306 e. The Morgan fingerprint density at radius 3 is 1.24 bits per heavy atom. The second-order valence-corrected chi connectivity index (χ2v) is 15.1. The first-order chi connectivity index (χ1) is 27.2. The molecule has 0 aromatic heterocycles. The molecule has 0 aliphatic heterocycles. The SMILES string of the molecule is CC/C=C\C/C=C\C/C=C\C/C=C\C/C=C\C/C=C\CCC(=O)OC(CO)COCCCCCCCCCCCCCC/C=C\CCCCCCCCCC. The van der Waals surface area contributed by atoms with Gasteiger partial charge in [0.1, 0.15) is 6.10 Å². The fraction of sp³-hybridized carbons (Fsp3) is 0.706. The van der Waals surface area contributed by atoms with Gasteiger partial charge in [-0.1, -0.05) is 208 Å². The zero-order valence-electron chi connectivity index (χ0n) is 36.2. The van der Waals surface area contributed by atoms with Crippen molar-refractivity contribution < 1.29 is 19.4 Å². The molecular weight excluding hydrogens is 677 g/mol. The molecular formula is C51H88O4. The third-order valence-corrected chi connectivity index (χ3v) is 9.72. The van der Waals surface area contributed by atoms with Crippen LogP contribution < -0.4 is 0 Å². The predicted molar refractivity (Wildman–Crippen MR) is 242 cm³/mol. The topological polar surface area (TPSA) is 55.8 Å². The van der Waals surface area contributed by atoms with Crippen molar-refractivity contribution in [2.24, 2.45) is 0 Å². The molecule has 0 aromatic carbocycles. The molecule has 0 saturated carbocycles. The number of esters is 1. The average molecular weight is 765 g/mol. The lowest BCUT2D eigenvalue weighted by Crippen LogP contribution is -2.27. The van der Waals surface area contributed by atoms with Gasteiger partial charge in [-0.25, -0.2) is 0 Å². The largest absolute Gasteiger partial charge is 0.457 e. The van der Waals surface area contributed by atoms with Crippen LogP contribution in [0.2, 0.25) is 0 Å². The first kappa shape index (κ1) is 52.6. The lowest BCUT2D eigenvalue weighted by molar-refractivity contribution is -0.154. The molecule has 0 bridgehead atoms. The summed E-state index contributed by atoms with van der Waals surface area (Å²) in [5, 5.41) is 9.61. The van der Waals surface area contributed by atoms with Crippen LogP contribution in [0.15, 0.2) is 85.1 Å². The molecule has 4 nitrogen and oxygen atoms in total. The summed E-state index contributed by atoms with van der Waals surface area (Å²) in [6, 6.07) is 0. The number of unbranched alkanes of at least 4 members (excludes halogenated alkanes) is 20. The minimum Gasteiger partial charge on any atom is -0.457 e. The van der Waals surface area contributed by atoms with Crippen molar-refractivity contribution in [3.8, 4) is 0 Å². The van der Waals surface area contributed by atoms with Gasteiger partial charge in [-0.15, -0.1) is 0 Å². The zero-order chi connectivity index (χ0) is 39.8. The molecule has 1 atom stereocenters. The van der Waals surface area contributed by atoms with Gasteiger partial charge in [0.05, 0.1) is 13.2 Å². The van der Waals surface area contributed by atoms with Gasteiger partial charge in [-0.2, -0.15) is 0 Å². The lowest BCUT2D eigenvalue weighted by atomic mass is 10.0. The smallest absolute Gasteiger partial charge is 0.306 e. The second-order valence-electron chi connectivity index (χ2n) is 15.1. The van der Waals surface area contributed by atoms with Gasteiger partial charge < -0.3 is 14.6 Å². The van der Waals surface area contributed by atoms with E-state index in [1.165, 1.54) is 135 Å². The van der Waals surface area contributed by atoms with Crippen LogP contribution in [0, 0.1) is 0 Å². The number of ether oxygens (including phenoxy) is 2. The highest BCUT2D eigenvalue weighted by Gasteiger charge is 2.13. The highest BCUT2D eigenvalue weighted by Crippen LogP contribution is 2.14. The van der Waals surface area contributed by atoms with E-state index in [-0.39, 0.29) is 19.2 Å². The Bertz CT molecular complexity index is 985. The number of aliphatic hydroxyl groups is 1. The van der Waals surface area contributed by atoms with Crippen molar-refractivity contribution in [1.82, 2.24) is 0 Å². The van der Waals surface area contributed by atoms with Gasteiger partial charge in [-0.3, -0.25) is 4.79 Å². The standard InChI is InChI=1S/C51H88O4/c1-3-5-7-9-11-13-15-17-19-21-23-24-25-26-27-29-31-33-35-37-39-41-43-45-47-54-49-50(48-52)55-51(53)46-44-42-40-38-36-34-32-30-28-22-20-18-16-14-12-10-8-6-4-2/h6,8,12,14,18,20-21,23,28,30,34,36,40,42,50,52H,3-5,7,9-11,13,15-17,19,22,24-27,29,31-33,35,37-39,41,43-49H2,1-2H3/b8-6-,14-12-,20-18-,23-21-,30-28-,36-34-,42-40-. The van der Waals surface area contributed by atoms with Gasteiger partial charge in [-0.05, 0) is 77.0 Å². The molecule has 0 aromatic rings. The molecule has 4 heteroatoms.